The van der Waals surface area contributed by atoms with Crippen molar-refractivity contribution in [2.75, 3.05) is 25.1 Å². The highest BCUT2D eigenvalue weighted by molar-refractivity contribution is 7.92. The molecule has 0 spiro atoms. The van der Waals surface area contributed by atoms with Gasteiger partial charge >= 0.3 is 0 Å². The van der Waals surface area contributed by atoms with Crippen molar-refractivity contribution >= 4 is 27.8 Å². The van der Waals surface area contributed by atoms with Gasteiger partial charge in [0.05, 0.1) is 31.0 Å². The van der Waals surface area contributed by atoms with Gasteiger partial charge in [0.1, 0.15) is 30.4 Å². The van der Waals surface area contributed by atoms with Crippen molar-refractivity contribution in [3.05, 3.63) is 114 Å². The van der Waals surface area contributed by atoms with Gasteiger partial charge in [-0.25, -0.2) is 13.8 Å². The van der Waals surface area contributed by atoms with E-state index in [1.165, 1.54) is 38.6 Å². The number of amides is 1. The summed E-state index contributed by atoms with van der Waals surface area (Å²) in [5.41, 5.74) is 4.21. The molecule has 0 fully saturated rings. The number of nitrogens with zero attached hydrogens (tertiary/aromatic N) is 2. The molecule has 10 heteroatoms. The van der Waals surface area contributed by atoms with Gasteiger partial charge in [0.25, 0.3) is 15.9 Å². The second-order valence-electron chi connectivity index (χ2n) is 8.47. The summed E-state index contributed by atoms with van der Waals surface area (Å²) in [5, 5.41) is 4.05. The number of benzene rings is 4. The quantitative estimate of drug-likeness (QED) is 0.200. The van der Waals surface area contributed by atoms with Crippen LogP contribution in [-0.4, -0.2) is 41.3 Å². The fraction of sp³-hybridized carbons (Fsp3) is 0.133. The van der Waals surface area contributed by atoms with Crippen LogP contribution in [0, 0.1) is 0 Å². The molecule has 0 bridgehead atoms. The summed E-state index contributed by atoms with van der Waals surface area (Å²) in [6.45, 7) is -0.197. The Bertz CT molecular complexity index is 1560. The molecule has 0 unspecified atom stereocenters. The summed E-state index contributed by atoms with van der Waals surface area (Å²) in [6.07, 6.45) is 1.44. The minimum atomic E-state index is -4.16. The Hall–Kier alpha value is -4.83. The molecule has 9 nitrogen and oxygen atoms in total. The molecule has 0 aliphatic heterocycles. The van der Waals surface area contributed by atoms with Crippen molar-refractivity contribution in [3.8, 4) is 17.2 Å². The summed E-state index contributed by atoms with van der Waals surface area (Å²) in [5.74, 6) is 0.567. The number of hydrazone groups is 1. The van der Waals surface area contributed by atoms with Crippen molar-refractivity contribution in [2.45, 2.75) is 11.5 Å². The lowest BCUT2D eigenvalue weighted by Crippen LogP contribution is -2.39. The van der Waals surface area contributed by atoms with Crippen molar-refractivity contribution < 1.29 is 27.4 Å². The Labute approximate surface area is 233 Å². The maximum Gasteiger partial charge on any atom is 0.264 e. The van der Waals surface area contributed by atoms with Gasteiger partial charge in [-0.3, -0.25) is 9.10 Å². The first-order valence-electron chi connectivity index (χ1n) is 12.3. The number of hydrogen-bond donors (Lipinski definition) is 1. The third-order valence-electron chi connectivity index (χ3n) is 5.82. The van der Waals surface area contributed by atoms with Crippen LogP contribution in [0.4, 0.5) is 5.69 Å². The largest absolute Gasteiger partial charge is 0.497 e. The van der Waals surface area contributed by atoms with Gasteiger partial charge in [-0.15, -0.1) is 0 Å². The van der Waals surface area contributed by atoms with E-state index in [4.69, 9.17) is 14.2 Å². The number of anilines is 1. The predicted octanol–water partition coefficient (Wildman–Crippen LogP) is 4.63. The van der Waals surface area contributed by atoms with E-state index in [-0.39, 0.29) is 16.3 Å². The molecule has 0 aliphatic rings. The number of methoxy groups -OCH3 is 2. The minimum Gasteiger partial charge on any atom is -0.497 e. The van der Waals surface area contributed by atoms with Crippen molar-refractivity contribution in [3.63, 3.8) is 0 Å². The standard InChI is InChI=1S/C30H29N3O6S/c1-37-25-17-18-29(38-2)27(19-25)33(40(35,36)26-14-7-4-8-15-26)21-30(34)32-31-20-24-13-9-10-16-28(24)39-22-23-11-5-3-6-12-23/h3-20H,21-22H2,1-2H3,(H,32,34)/b31-20-. The van der Waals surface area contributed by atoms with Crippen LogP contribution in [-0.2, 0) is 21.4 Å². The minimum absolute atomic E-state index is 0.0145. The molecule has 0 radical (unpaired) electrons. The molecular formula is C30H29N3O6S. The monoisotopic (exact) mass is 559 g/mol. The van der Waals surface area contributed by atoms with Crippen LogP contribution in [0.3, 0.4) is 0 Å². The van der Waals surface area contributed by atoms with Crippen molar-refractivity contribution in [2.24, 2.45) is 5.10 Å². The normalized spacial score (nSPS) is 11.2. The van der Waals surface area contributed by atoms with Crippen LogP contribution in [0.15, 0.2) is 113 Å². The number of rotatable bonds is 12. The third kappa shape index (κ3) is 6.97. The predicted molar refractivity (Wildman–Crippen MR) is 153 cm³/mol. The Morgan fingerprint density at radius 3 is 2.23 bits per heavy atom. The second kappa shape index (κ2) is 13.3. The molecule has 0 saturated heterocycles. The van der Waals surface area contributed by atoms with Gasteiger partial charge in [-0.2, -0.15) is 5.10 Å². The van der Waals surface area contributed by atoms with Crippen LogP contribution in [0.1, 0.15) is 11.1 Å². The molecule has 4 rings (SSSR count). The third-order valence-corrected chi connectivity index (χ3v) is 7.60. The molecule has 40 heavy (non-hydrogen) atoms. The topological polar surface area (TPSA) is 107 Å². The van der Waals surface area contributed by atoms with Crippen LogP contribution in [0.2, 0.25) is 0 Å². The van der Waals surface area contributed by atoms with Crippen molar-refractivity contribution in [1.82, 2.24) is 5.43 Å². The average Bonchev–Trinajstić information content (AvgIpc) is 3.00. The molecule has 4 aromatic carbocycles. The molecule has 0 aliphatic carbocycles. The number of carbonyl (C=O) groups excluding carboxylic acids is 1. The number of hydrogen-bond acceptors (Lipinski definition) is 7. The highest BCUT2D eigenvalue weighted by Gasteiger charge is 2.29. The molecular weight excluding hydrogens is 530 g/mol. The smallest absolute Gasteiger partial charge is 0.264 e. The van der Waals surface area contributed by atoms with E-state index >= 15 is 0 Å². The molecule has 0 aromatic heterocycles. The SMILES string of the molecule is COc1ccc(OC)c(N(CC(=O)N/N=C\c2ccccc2OCc2ccccc2)S(=O)(=O)c2ccccc2)c1. The molecule has 0 atom stereocenters. The summed E-state index contributed by atoms with van der Waals surface area (Å²) >= 11 is 0. The molecule has 0 heterocycles. The molecule has 1 N–H and O–H groups in total. The zero-order valence-electron chi connectivity index (χ0n) is 22.1. The van der Waals surface area contributed by atoms with Gasteiger partial charge in [0.2, 0.25) is 0 Å². The van der Waals surface area contributed by atoms with Gasteiger partial charge in [-0.05, 0) is 42.0 Å². The van der Waals surface area contributed by atoms with E-state index in [2.05, 4.69) is 10.5 Å². The van der Waals surface area contributed by atoms with Gasteiger partial charge < -0.3 is 14.2 Å². The van der Waals surface area contributed by atoms with E-state index in [9.17, 15) is 13.2 Å². The summed E-state index contributed by atoms with van der Waals surface area (Å²) in [4.78, 5) is 13.0. The number of sulfonamides is 1. The Morgan fingerprint density at radius 2 is 1.52 bits per heavy atom. The molecule has 1 amide bonds. The fourth-order valence-electron chi connectivity index (χ4n) is 3.80. The second-order valence-corrected chi connectivity index (χ2v) is 10.3. The van der Waals surface area contributed by atoms with E-state index in [1.54, 1.807) is 42.5 Å². The number of nitrogens with one attached hydrogen (secondary N) is 1. The number of para-hydroxylation sites is 1. The molecule has 4 aromatic rings. The zero-order valence-corrected chi connectivity index (χ0v) is 22.9. The first-order chi connectivity index (χ1) is 19.4. The lowest BCUT2D eigenvalue weighted by atomic mass is 10.2. The number of carbonyl (C=O) groups is 1. The maximum atomic E-state index is 13.7. The molecule has 0 saturated carbocycles. The highest BCUT2D eigenvalue weighted by Crippen LogP contribution is 2.35. The van der Waals surface area contributed by atoms with Gasteiger partial charge in [-0.1, -0.05) is 60.7 Å². The lowest BCUT2D eigenvalue weighted by Gasteiger charge is -2.25. The fourth-order valence-corrected chi connectivity index (χ4v) is 5.25. The van der Waals surface area contributed by atoms with E-state index in [0.29, 0.717) is 23.7 Å². The summed E-state index contributed by atoms with van der Waals surface area (Å²) in [7, 11) is -1.28. The number of ether oxygens (including phenoxy) is 3. The maximum absolute atomic E-state index is 13.7. The van der Waals surface area contributed by atoms with Gasteiger partial charge in [0, 0.05) is 11.6 Å². The van der Waals surface area contributed by atoms with Crippen LogP contribution < -0.4 is 23.9 Å². The Morgan fingerprint density at radius 1 is 0.850 bits per heavy atom. The zero-order chi connectivity index (χ0) is 28.4. The first-order valence-corrected chi connectivity index (χ1v) is 13.7. The summed E-state index contributed by atoms with van der Waals surface area (Å²) in [6, 6.07) is 29.5. The molecule has 206 valence electrons. The van der Waals surface area contributed by atoms with Crippen LogP contribution in [0.25, 0.3) is 0 Å². The van der Waals surface area contributed by atoms with Crippen LogP contribution in [0.5, 0.6) is 17.2 Å². The van der Waals surface area contributed by atoms with Gasteiger partial charge in [0.15, 0.2) is 0 Å². The Kier molecular flexibility index (Phi) is 9.37. The first kappa shape index (κ1) is 28.2. The highest BCUT2D eigenvalue weighted by atomic mass is 32.2. The summed E-state index contributed by atoms with van der Waals surface area (Å²) < 4.78 is 44.9. The van der Waals surface area contributed by atoms with E-state index < -0.39 is 22.5 Å². The Balaban J connectivity index is 1.55. The average molecular weight is 560 g/mol. The van der Waals surface area contributed by atoms with E-state index in [0.717, 1.165) is 9.87 Å². The van der Waals surface area contributed by atoms with E-state index in [1.807, 2.05) is 42.5 Å². The van der Waals surface area contributed by atoms with Crippen molar-refractivity contribution in [1.29, 1.82) is 0 Å². The van der Waals surface area contributed by atoms with Crippen LogP contribution >= 0.6 is 0 Å². The lowest BCUT2D eigenvalue weighted by molar-refractivity contribution is -0.119.